The van der Waals surface area contributed by atoms with E-state index in [1.54, 1.807) is 24.6 Å². The Bertz CT molecular complexity index is 1000. The molecule has 0 spiro atoms. The Morgan fingerprint density at radius 1 is 1.28 bits per heavy atom. The number of amides is 1. The molecule has 7 nitrogen and oxygen atoms in total. The van der Waals surface area contributed by atoms with Crippen molar-refractivity contribution >= 4 is 23.5 Å². The minimum absolute atomic E-state index is 0.183. The van der Waals surface area contributed by atoms with Crippen molar-refractivity contribution in [3.8, 4) is 11.6 Å². The summed E-state index contributed by atoms with van der Waals surface area (Å²) in [6, 6.07) is 7.57. The van der Waals surface area contributed by atoms with Crippen LogP contribution >= 0.6 is 11.8 Å². The van der Waals surface area contributed by atoms with Gasteiger partial charge in [-0.15, -0.1) is 11.8 Å². The number of thioether (sulfide) groups is 1. The maximum absolute atomic E-state index is 12.9. The van der Waals surface area contributed by atoms with E-state index in [9.17, 15) is 4.79 Å². The first-order chi connectivity index (χ1) is 14.2. The van der Waals surface area contributed by atoms with Gasteiger partial charge in [-0.1, -0.05) is 0 Å². The number of nitrogens with one attached hydrogen (secondary N) is 1. The summed E-state index contributed by atoms with van der Waals surface area (Å²) < 4.78 is 5.39. The lowest BCUT2D eigenvalue weighted by Gasteiger charge is -2.17. The minimum atomic E-state index is -0.183. The molecule has 1 fully saturated rings. The lowest BCUT2D eigenvalue weighted by Crippen LogP contribution is -2.26. The third-order valence-corrected chi connectivity index (χ3v) is 5.59. The Morgan fingerprint density at radius 3 is 2.83 bits per heavy atom. The monoisotopic (exact) mass is 409 g/mol. The number of pyridine rings is 1. The van der Waals surface area contributed by atoms with E-state index in [4.69, 9.17) is 4.42 Å². The molecule has 1 aliphatic rings. The first kappa shape index (κ1) is 19.4. The summed E-state index contributed by atoms with van der Waals surface area (Å²) in [5.41, 5.74) is 2.15. The van der Waals surface area contributed by atoms with Gasteiger partial charge in [0.25, 0.3) is 5.91 Å². The summed E-state index contributed by atoms with van der Waals surface area (Å²) >= 11 is 1.42. The SMILES string of the molecule is CSc1nc(-c2ccco2)nc(C)c1C(=O)NCc1ccnc(N2CCCC2)c1. The van der Waals surface area contributed by atoms with Gasteiger partial charge < -0.3 is 14.6 Å². The van der Waals surface area contributed by atoms with Crippen LogP contribution in [0.4, 0.5) is 5.82 Å². The molecule has 29 heavy (non-hydrogen) atoms. The largest absolute Gasteiger partial charge is 0.461 e. The zero-order valence-corrected chi connectivity index (χ0v) is 17.3. The lowest BCUT2D eigenvalue weighted by molar-refractivity contribution is 0.0946. The predicted molar refractivity (Wildman–Crippen MR) is 113 cm³/mol. The maximum atomic E-state index is 12.9. The fourth-order valence-corrected chi connectivity index (χ4v) is 4.05. The number of hydrogen-bond acceptors (Lipinski definition) is 7. The molecule has 1 aliphatic heterocycles. The number of rotatable bonds is 6. The van der Waals surface area contributed by atoms with Crippen molar-refractivity contribution in [3.63, 3.8) is 0 Å². The zero-order valence-electron chi connectivity index (χ0n) is 16.5. The van der Waals surface area contributed by atoms with Gasteiger partial charge in [-0.25, -0.2) is 15.0 Å². The molecule has 0 radical (unpaired) electrons. The van der Waals surface area contributed by atoms with Gasteiger partial charge in [0.2, 0.25) is 0 Å². The first-order valence-corrected chi connectivity index (χ1v) is 10.8. The summed E-state index contributed by atoms with van der Waals surface area (Å²) in [6.45, 7) is 4.33. The highest BCUT2D eigenvalue weighted by Gasteiger charge is 2.20. The van der Waals surface area contributed by atoms with Crippen LogP contribution in [0.15, 0.2) is 46.2 Å². The van der Waals surface area contributed by atoms with Gasteiger partial charge in [0, 0.05) is 25.8 Å². The molecule has 4 rings (SSSR count). The number of carbonyl (C=O) groups is 1. The van der Waals surface area contributed by atoms with Crippen LogP contribution in [0.5, 0.6) is 0 Å². The average Bonchev–Trinajstić information content (AvgIpc) is 3.46. The Labute approximate surface area is 174 Å². The number of nitrogens with zero attached hydrogens (tertiary/aromatic N) is 4. The Balaban J connectivity index is 1.50. The maximum Gasteiger partial charge on any atom is 0.256 e. The molecular weight excluding hydrogens is 386 g/mol. The van der Waals surface area contributed by atoms with E-state index in [0.717, 1.165) is 24.5 Å². The second-order valence-electron chi connectivity index (χ2n) is 6.89. The number of anilines is 1. The van der Waals surface area contributed by atoms with Gasteiger partial charge in [-0.2, -0.15) is 0 Å². The number of carbonyl (C=O) groups excluding carboxylic acids is 1. The zero-order chi connectivity index (χ0) is 20.2. The molecule has 0 aliphatic carbocycles. The van der Waals surface area contributed by atoms with E-state index in [0.29, 0.717) is 34.4 Å². The fourth-order valence-electron chi connectivity index (χ4n) is 3.43. The molecular formula is C21H23N5O2S. The van der Waals surface area contributed by atoms with Crippen molar-refractivity contribution < 1.29 is 9.21 Å². The molecule has 0 atom stereocenters. The Kier molecular flexibility index (Phi) is 5.80. The molecule has 150 valence electrons. The number of furan rings is 1. The van der Waals surface area contributed by atoms with Gasteiger partial charge >= 0.3 is 0 Å². The van der Waals surface area contributed by atoms with Gasteiger partial charge in [-0.3, -0.25) is 4.79 Å². The van der Waals surface area contributed by atoms with E-state index in [2.05, 4.69) is 25.2 Å². The van der Waals surface area contributed by atoms with Gasteiger partial charge in [0.15, 0.2) is 11.6 Å². The van der Waals surface area contributed by atoms with Crippen molar-refractivity contribution in [3.05, 3.63) is 53.5 Å². The van der Waals surface area contributed by atoms with Crippen LogP contribution in [0.3, 0.4) is 0 Å². The molecule has 8 heteroatoms. The van der Waals surface area contributed by atoms with Gasteiger partial charge in [-0.05, 0) is 55.9 Å². The Hall–Kier alpha value is -2.87. The quantitative estimate of drug-likeness (QED) is 0.491. The number of aromatic nitrogens is 3. The molecule has 1 amide bonds. The molecule has 4 heterocycles. The highest BCUT2D eigenvalue weighted by atomic mass is 32.2. The lowest BCUT2D eigenvalue weighted by atomic mass is 10.2. The first-order valence-electron chi connectivity index (χ1n) is 9.60. The molecule has 0 saturated carbocycles. The summed E-state index contributed by atoms with van der Waals surface area (Å²) in [7, 11) is 0. The summed E-state index contributed by atoms with van der Waals surface area (Å²) in [5, 5.41) is 3.63. The normalized spacial score (nSPS) is 13.7. The molecule has 3 aromatic heterocycles. The second-order valence-corrected chi connectivity index (χ2v) is 7.69. The van der Waals surface area contributed by atoms with Crippen molar-refractivity contribution in [2.24, 2.45) is 0 Å². The fraction of sp³-hybridized carbons (Fsp3) is 0.333. The smallest absolute Gasteiger partial charge is 0.256 e. The molecule has 3 aromatic rings. The van der Waals surface area contributed by atoms with Crippen molar-refractivity contribution in [1.29, 1.82) is 0 Å². The molecule has 0 aromatic carbocycles. The van der Waals surface area contributed by atoms with Gasteiger partial charge in [0.05, 0.1) is 17.5 Å². The number of aryl methyl sites for hydroxylation is 1. The van der Waals surface area contributed by atoms with E-state index < -0.39 is 0 Å². The van der Waals surface area contributed by atoms with Gasteiger partial charge in [0.1, 0.15) is 10.8 Å². The summed E-state index contributed by atoms with van der Waals surface area (Å²) in [5.74, 6) is 1.86. The highest BCUT2D eigenvalue weighted by molar-refractivity contribution is 7.98. The Morgan fingerprint density at radius 2 is 2.10 bits per heavy atom. The van der Waals surface area contributed by atoms with E-state index in [-0.39, 0.29) is 5.91 Å². The minimum Gasteiger partial charge on any atom is -0.461 e. The molecule has 1 N–H and O–H groups in total. The van der Waals surface area contributed by atoms with Crippen LogP contribution in [0, 0.1) is 6.92 Å². The van der Waals surface area contributed by atoms with E-state index >= 15 is 0 Å². The van der Waals surface area contributed by atoms with Crippen molar-refractivity contribution in [1.82, 2.24) is 20.3 Å². The van der Waals surface area contributed by atoms with Crippen LogP contribution in [0.25, 0.3) is 11.6 Å². The molecule has 0 unspecified atom stereocenters. The number of hydrogen-bond donors (Lipinski definition) is 1. The average molecular weight is 410 g/mol. The highest BCUT2D eigenvalue weighted by Crippen LogP contribution is 2.25. The third kappa shape index (κ3) is 4.27. The van der Waals surface area contributed by atoms with Crippen LogP contribution in [-0.4, -0.2) is 40.2 Å². The van der Waals surface area contributed by atoms with Crippen LogP contribution in [0.1, 0.15) is 34.5 Å². The topological polar surface area (TPSA) is 84.1 Å². The van der Waals surface area contributed by atoms with E-state index in [1.807, 2.05) is 25.3 Å². The third-order valence-electron chi connectivity index (χ3n) is 4.91. The van der Waals surface area contributed by atoms with E-state index in [1.165, 1.54) is 24.6 Å². The summed E-state index contributed by atoms with van der Waals surface area (Å²) in [6.07, 6.45) is 7.68. The standard InChI is InChI=1S/C21H23N5O2S/c1-14-18(21(29-2)25-19(24-14)16-6-5-11-28-16)20(27)23-13-15-7-8-22-17(12-15)26-9-3-4-10-26/h5-8,11-12H,3-4,9-10,13H2,1-2H3,(H,23,27). The van der Waals surface area contributed by atoms with Crippen molar-refractivity contribution in [2.75, 3.05) is 24.2 Å². The second kappa shape index (κ2) is 8.65. The van der Waals surface area contributed by atoms with Crippen LogP contribution < -0.4 is 10.2 Å². The predicted octanol–water partition coefficient (Wildman–Crippen LogP) is 3.69. The summed E-state index contributed by atoms with van der Waals surface area (Å²) in [4.78, 5) is 28.6. The molecule has 1 saturated heterocycles. The van der Waals surface area contributed by atoms with Crippen LogP contribution in [0.2, 0.25) is 0 Å². The molecule has 0 bridgehead atoms. The van der Waals surface area contributed by atoms with Crippen LogP contribution in [-0.2, 0) is 6.54 Å². The van der Waals surface area contributed by atoms with Crippen molar-refractivity contribution in [2.45, 2.75) is 31.3 Å².